The Kier molecular flexibility index (Phi) is 6.43. The number of hydrogen-bond donors (Lipinski definition) is 3. The van der Waals surface area contributed by atoms with Gasteiger partial charge in [0.05, 0.1) is 60.8 Å². The number of aromatic nitrogens is 5. The highest BCUT2D eigenvalue weighted by molar-refractivity contribution is 6.09. The Morgan fingerprint density at radius 1 is 1.35 bits per heavy atom. The van der Waals surface area contributed by atoms with E-state index < -0.39 is 6.10 Å². The van der Waals surface area contributed by atoms with Gasteiger partial charge in [0.2, 0.25) is 0 Å². The number of nitrogens with two attached hydrogens (primary N) is 1. The van der Waals surface area contributed by atoms with Crippen LogP contribution in [0, 0.1) is 5.92 Å². The first-order chi connectivity index (χ1) is 15.1. The molecule has 1 fully saturated rings. The molecule has 3 aromatic heterocycles. The number of fused-ring (bicyclic) bond motifs is 1. The van der Waals surface area contributed by atoms with Crippen molar-refractivity contribution in [3.05, 3.63) is 42.7 Å². The average Bonchev–Trinajstić information content (AvgIpc) is 3.55. The zero-order chi connectivity index (χ0) is 21.8. The fraction of sp³-hybridized carbons (Fsp3) is 0.455. The summed E-state index contributed by atoms with van der Waals surface area (Å²) in [6, 6.07) is 2.36. The van der Waals surface area contributed by atoms with Crippen molar-refractivity contribution >= 4 is 17.3 Å². The van der Waals surface area contributed by atoms with Gasteiger partial charge in [-0.25, -0.2) is 9.50 Å². The lowest BCUT2D eigenvalue weighted by molar-refractivity contribution is 0.102. The second-order valence-electron chi connectivity index (χ2n) is 7.96. The molecular formula is C22H29N7O2. The molecule has 3 heterocycles. The van der Waals surface area contributed by atoms with Crippen LogP contribution < -0.4 is 5.73 Å². The van der Waals surface area contributed by atoms with Crippen molar-refractivity contribution in [2.75, 3.05) is 13.2 Å². The number of aliphatic hydroxyl groups is 2. The summed E-state index contributed by atoms with van der Waals surface area (Å²) >= 11 is 0. The smallest absolute Gasteiger partial charge is 0.0999 e. The molecule has 9 heteroatoms. The highest BCUT2D eigenvalue weighted by Gasteiger charge is 2.28. The number of allylic oxidation sites excluding steroid dienone is 1. The number of aliphatic hydroxyl groups excluding tert-OH is 2. The lowest BCUT2D eigenvalue weighted by Gasteiger charge is -2.18. The summed E-state index contributed by atoms with van der Waals surface area (Å²) < 4.78 is 3.86. The highest BCUT2D eigenvalue weighted by Crippen LogP contribution is 2.38. The number of aliphatic imine (C=N–C) groups is 1. The molecule has 1 aliphatic carbocycles. The normalized spacial score (nSPS) is 20.8. The van der Waals surface area contributed by atoms with Crippen LogP contribution >= 0.6 is 0 Å². The standard InChI is InChI=1S/C22H29N7O2/c1-2-15-4-3-5-20(15)28-12-17(10-26-28)22-21-6-7-25-29(21)13-19(27-22)16(8-23)9-24-11-18(31)14-30/h6-10,12-13,15,18,20,30-31H,2-5,11,14,23H2,1H3. The van der Waals surface area contributed by atoms with Gasteiger partial charge in [-0.3, -0.25) is 9.67 Å². The van der Waals surface area contributed by atoms with Crippen LogP contribution in [0.25, 0.3) is 22.3 Å². The molecule has 164 valence electrons. The average molecular weight is 424 g/mol. The first kappa shape index (κ1) is 21.2. The van der Waals surface area contributed by atoms with Gasteiger partial charge in [-0.05, 0) is 24.8 Å². The fourth-order valence-electron chi connectivity index (χ4n) is 4.29. The number of rotatable bonds is 8. The van der Waals surface area contributed by atoms with Gasteiger partial charge in [0, 0.05) is 29.7 Å². The van der Waals surface area contributed by atoms with E-state index >= 15 is 0 Å². The first-order valence-corrected chi connectivity index (χ1v) is 10.7. The molecule has 1 aliphatic rings. The Balaban J connectivity index is 1.68. The van der Waals surface area contributed by atoms with E-state index in [-0.39, 0.29) is 13.2 Å². The van der Waals surface area contributed by atoms with Gasteiger partial charge in [0.15, 0.2) is 0 Å². The summed E-state index contributed by atoms with van der Waals surface area (Å²) in [7, 11) is 0. The van der Waals surface area contributed by atoms with E-state index in [1.807, 2.05) is 12.3 Å². The van der Waals surface area contributed by atoms with Crippen LogP contribution in [0.1, 0.15) is 44.3 Å². The van der Waals surface area contributed by atoms with Crippen molar-refractivity contribution in [1.82, 2.24) is 24.4 Å². The van der Waals surface area contributed by atoms with Crippen LogP contribution in [0.15, 0.2) is 42.0 Å². The van der Waals surface area contributed by atoms with Crippen molar-refractivity contribution < 1.29 is 10.2 Å². The van der Waals surface area contributed by atoms with E-state index in [0.717, 1.165) is 29.6 Å². The minimum Gasteiger partial charge on any atom is -0.404 e. The van der Waals surface area contributed by atoms with Crippen LogP contribution in [0.4, 0.5) is 0 Å². The SMILES string of the molecule is CCC1CCCC1n1cc(-c2nc(C(C=NCC(O)CO)=CN)cn3nccc23)cn1. The largest absolute Gasteiger partial charge is 0.404 e. The highest BCUT2D eigenvalue weighted by atomic mass is 16.3. The van der Waals surface area contributed by atoms with Crippen molar-refractivity contribution in [2.45, 2.75) is 44.8 Å². The molecule has 3 aromatic rings. The second-order valence-corrected chi connectivity index (χ2v) is 7.96. The van der Waals surface area contributed by atoms with Crippen LogP contribution in [0.2, 0.25) is 0 Å². The van der Waals surface area contributed by atoms with Crippen LogP contribution in [-0.2, 0) is 0 Å². The molecule has 4 rings (SSSR count). The lowest BCUT2D eigenvalue weighted by atomic mass is 10.0. The van der Waals surface area contributed by atoms with Gasteiger partial charge in [0.25, 0.3) is 0 Å². The van der Waals surface area contributed by atoms with Crippen molar-refractivity contribution in [3.63, 3.8) is 0 Å². The minimum atomic E-state index is -0.902. The molecule has 0 saturated heterocycles. The molecule has 0 bridgehead atoms. The number of nitrogens with zero attached hydrogens (tertiary/aromatic N) is 6. The Morgan fingerprint density at radius 3 is 3.00 bits per heavy atom. The third kappa shape index (κ3) is 4.38. The molecule has 0 amide bonds. The molecule has 1 saturated carbocycles. The van der Waals surface area contributed by atoms with Crippen LogP contribution in [-0.4, -0.2) is 60.1 Å². The zero-order valence-electron chi connectivity index (χ0n) is 17.7. The maximum absolute atomic E-state index is 9.50. The van der Waals surface area contributed by atoms with Crippen molar-refractivity contribution in [2.24, 2.45) is 16.6 Å². The molecule has 9 nitrogen and oxygen atoms in total. The van der Waals surface area contributed by atoms with E-state index in [2.05, 4.69) is 33.0 Å². The zero-order valence-corrected chi connectivity index (χ0v) is 17.7. The lowest BCUT2D eigenvalue weighted by Crippen LogP contribution is -2.15. The monoisotopic (exact) mass is 423 g/mol. The Morgan fingerprint density at radius 2 is 2.23 bits per heavy atom. The molecule has 0 aromatic carbocycles. The predicted molar refractivity (Wildman–Crippen MR) is 119 cm³/mol. The second kappa shape index (κ2) is 9.40. The van der Waals surface area contributed by atoms with Gasteiger partial charge in [0.1, 0.15) is 0 Å². The summed E-state index contributed by atoms with van der Waals surface area (Å²) in [6.45, 7) is 1.98. The topological polar surface area (TPSA) is 127 Å². The molecule has 31 heavy (non-hydrogen) atoms. The van der Waals surface area contributed by atoms with Gasteiger partial charge in [-0.1, -0.05) is 19.8 Å². The van der Waals surface area contributed by atoms with E-state index in [4.69, 9.17) is 15.8 Å². The molecule has 0 aliphatic heterocycles. The minimum absolute atomic E-state index is 0.0808. The summed E-state index contributed by atoms with van der Waals surface area (Å²) in [5, 5.41) is 27.5. The predicted octanol–water partition coefficient (Wildman–Crippen LogP) is 2.07. The van der Waals surface area contributed by atoms with E-state index in [1.54, 1.807) is 23.1 Å². The maximum Gasteiger partial charge on any atom is 0.0999 e. The summed E-state index contributed by atoms with van der Waals surface area (Å²) in [4.78, 5) is 9.01. The Bertz CT molecular complexity index is 1080. The van der Waals surface area contributed by atoms with Gasteiger partial charge < -0.3 is 15.9 Å². The van der Waals surface area contributed by atoms with E-state index in [9.17, 15) is 5.11 Å². The van der Waals surface area contributed by atoms with Crippen LogP contribution in [0.3, 0.4) is 0 Å². The number of hydrogen-bond acceptors (Lipinski definition) is 7. The van der Waals surface area contributed by atoms with Gasteiger partial charge in [-0.15, -0.1) is 0 Å². The van der Waals surface area contributed by atoms with E-state index in [1.165, 1.54) is 19.0 Å². The van der Waals surface area contributed by atoms with Crippen molar-refractivity contribution in [1.29, 1.82) is 0 Å². The van der Waals surface area contributed by atoms with E-state index in [0.29, 0.717) is 23.2 Å². The van der Waals surface area contributed by atoms with Gasteiger partial charge >= 0.3 is 0 Å². The molecule has 4 N–H and O–H groups in total. The molecule has 3 unspecified atom stereocenters. The summed E-state index contributed by atoms with van der Waals surface area (Å²) in [5.41, 5.74) is 9.61. The quantitative estimate of drug-likeness (QED) is 0.476. The molecule has 3 atom stereocenters. The third-order valence-corrected chi connectivity index (χ3v) is 5.98. The summed E-state index contributed by atoms with van der Waals surface area (Å²) in [6.07, 6.45) is 14.4. The summed E-state index contributed by atoms with van der Waals surface area (Å²) in [5.74, 6) is 0.666. The Hall–Kier alpha value is -3.04. The maximum atomic E-state index is 9.50. The molecule has 0 spiro atoms. The first-order valence-electron chi connectivity index (χ1n) is 10.7. The third-order valence-electron chi connectivity index (χ3n) is 5.98. The Labute approximate surface area is 180 Å². The van der Waals surface area contributed by atoms with Gasteiger partial charge in [-0.2, -0.15) is 10.2 Å². The molecule has 0 radical (unpaired) electrons. The van der Waals surface area contributed by atoms with Crippen molar-refractivity contribution in [3.8, 4) is 11.3 Å². The van der Waals surface area contributed by atoms with Crippen LogP contribution in [0.5, 0.6) is 0 Å². The fourth-order valence-corrected chi connectivity index (χ4v) is 4.29. The molecular weight excluding hydrogens is 394 g/mol.